The highest BCUT2D eigenvalue weighted by atomic mass is 16.3. The van der Waals surface area contributed by atoms with E-state index in [0.29, 0.717) is 18.6 Å². The molecule has 1 aliphatic carbocycles. The van der Waals surface area contributed by atoms with E-state index >= 15 is 0 Å². The van der Waals surface area contributed by atoms with Crippen LogP contribution in [0.3, 0.4) is 0 Å². The Morgan fingerprint density at radius 3 is 2.75 bits per heavy atom. The summed E-state index contributed by atoms with van der Waals surface area (Å²) in [5, 5.41) is 12.7. The Labute approximate surface area is 122 Å². The first-order valence-electron chi connectivity index (χ1n) is 7.83. The average molecular weight is 277 g/mol. The standard InChI is InChI=1S/C16H27N3O/c1-3-9-17-13(2)14-7-8-16(18-12-14)19(10-11-20)15-5-4-6-15/h7-8,12-13,15,17,20H,3-6,9-11H2,1-2H3. The third-order valence-electron chi connectivity index (χ3n) is 4.12. The number of anilines is 1. The zero-order valence-electron chi connectivity index (χ0n) is 12.7. The van der Waals surface area contributed by atoms with Gasteiger partial charge in [0.25, 0.3) is 0 Å². The van der Waals surface area contributed by atoms with Gasteiger partial charge in [0.15, 0.2) is 0 Å². The van der Waals surface area contributed by atoms with Crippen LogP contribution in [0.5, 0.6) is 0 Å². The molecule has 1 saturated carbocycles. The van der Waals surface area contributed by atoms with Gasteiger partial charge in [0, 0.05) is 24.8 Å². The molecule has 0 aliphatic heterocycles. The largest absolute Gasteiger partial charge is 0.395 e. The van der Waals surface area contributed by atoms with Crippen molar-refractivity contribution in [1.29, 1.82) is 0 Å². The molecule has 20 heavy (non-hydrogen) atoms. The van der Waals surface area contributed by atoms with Gasteiger partial charge in [-0.2, -0.15) is 0 Å². The fraction of sp³-hybridized carbons (Fsp3) is 0.688. The summed E-state index contributed by atoms with van der Waals surface area (Å²) >= 11 is 0. The molecule has 1 unspecified atom stereocenters. The molecule has 2 rings (SSSR count). The van der Waals surface area contributed by atoms with E-state index in [4.69, 9.17) is 0 Å². The minimum absolute atomic E-state index is 0.189. The molecule has 1 heterocycles. The maximum atomic E-state index is 9.23. The Bertz CT molecular complexity index is 389. The molecule has 1 atom stereocenters. The predicted molar refractivity (Wildman–Crippen MR) is 83.0 cm³/mol. The van der Waals surface area contributed by atoms with E-state index in [-0.39, 0.29) is 6.61 Å². The monoisotopic (exact) mass is 277 g/mol. The Morgan fingerprint density at radius 1 is 1.45 bits per heavy atom. The number of pyridine rings is 1. The highest BCUT2D eigenvalue weighted by Crippen LogP contribution is 2.28. The molecule has 4 nitrogen and oxygen atoms in total. The summed E-state index contributed by atoms with van der Waals surface area (Å²) in [4.78, 5) is 6.85. The minimum atomic E-state index is 0.189. The molecule has 4 heteroatoms. The molecular formula is C16H27N3O. The van der Waals surface area contributed by atoms with Crippen LogP contribution < -0.4 is 10.2 Å². The lowest BCUT2D eigenvalue weighted by molar-refractivity contribution is 0.283. The number of aliphatic hydroxyl groups is 1. The van der Waals surface area contributed by atoms with Gasteiger partial charge in [0.2, 0.25) is 0 Å². The fourth-order valence-corrected chi connectivity index (χ4v) is 2.59. The molecule has 0 saturated heterocycles. The van der Waals surface area contributed by atoms with Gasteiger partial charge in [-0.3, -0.25) is 0 Å². The lowest BCUT2D eigenvalue weighted by Gasteiger charge is -2.38. The van der Waals surface area contributed by atoms with Crippen molar-refractivity contribution in [2.24, 2.45) is 0 Å². The van der Waals surface area contributed by atoms with Gasteiger partial charge in [-0.25, -0.2) is 4.98 Å². The Kier molecular flexibility index (Phi) is 5.80. The molecule has 1 aromatic rings. The topological polar surface area (TPSA) is 48.4 Å². The van der Waals surface area contributed by atoms with E-state index in [2.05, 4.69) is 41.2 Å². The fourth-order valence-electron chi connectivity index (χ4n) is 2.59. The molecule has 0 bridgehead atoms. The van der Waals surface area contributed by atoms with Crippen molar-refractivity contribution in [2.45, 2.75) is 51.6 Å². The van der Waals surface area contributed by atoms with Crippen LogP contribution in [0.1, 0.15) is 51.1 Å². The summed E-state index contributed by atoms with van der Waals surface area (Å²) in [5.74, 6) is 0.996. The number of aliphatic hydroxyl groups excluding tert-OH is 1. The molecule has 0 spiro atoms. The summed E-state index contributed by atoms with van der Waals surface area (Å²) in [5.41, 5.74) is 1.22. The molecule has 0 radical (unpaired) electrons. The van der Waals surface area contributed by atoms with Crippen LogP contribution in [0.15, 0.2) is 18.3 Å². The van der Waals surface area contributed by atoms with E-state index in [1.165, 1.54) is 24.8 Å². The van der Waals surface area contributed by atoms with Gasteiger partial charge in [-0.1, -0.05) is 13.0 Å². The highest BCUT2D eigenvalue weighted by Gasteiger charge is 2.25. The summed E-state index contributed by atoms with van der Waals surface area (Å²) in [6.07, 6.45) is 6.84. The molecule has 2 N–H and O–H groups in total. The third-order valence-corrected chi connectivity index (χ3v) is 4.12. The molecule has 1 aromatic heterocycles. The van der Waals surface area contributed by atoms with E-state index in [1.807, 2.05) is 6.20 Å². The van der Waals surface area contributed by atoms with E-state index in [1.54, 1.807) is 0 Å². The van der Waals surface area contributed by atoms with Gasteiger partial charge < -0.3 is 15.3 Å². The van der Waals surface area contributed by atoms with Crippen molar-refractivity contribution in [3.8, 4) is 0 Å². The second-order valence-corrected chi connectivity index (χ2v) is 5.63. The van der Waals surface area contributed by atoms with Crippen LogP contribution in [0, 0.1) is 0 Å². The Hall–Kier alpha value is -1.13. The van der Waals surface area contributed by atoms with Crippen LogP contribution in [-0.4, -0.2) is 35.8 Å². The number of aromatic nitrogens is 1. The van der Waals surface area contributed by atoms with Crippen LogP contribution in [-0.2, 0) is 0 Å². The third kappa shape index (κ3) is 3.70. The van der Waals surface area contributed by atoms with Crippen molar-refractivity contribution in [3.63, 3.8) is 0 Å². The van der Waals surface area contributed by atoms with Crippen molar-refractivity contribution in [3.05, 3.63) is 23.9 Å². The maximum Gasteiger partial charge on any atom is 0.128 e. The first-order valence-corrected chi connectivity index (χ1v) is 7.83. The first-order chi connectivity index (χ1) is 9.76. The Balaban J connectivity index is 2.01. The van der Waals surface area contributed by atoms with Crippen molar-refractivity contribution < 1.29 is 5.11 Å². The van der Waals surface area contributed by atoms with Gasteiger partial charge in [-0.15, -0.1) is 0 Å². The van der Waals surface area contributed by atoms with E-state index in [9.17, 15) is 5.11 Å². The van der Waals surface area contributed by atoms with Crippen molar-refractivity contribution in [1.82, 2.24) is 10.3 Å². The van der Waals surface area contributed by atoms with Gasteiger partial charge >= 0.3 is 0 Å². The molecule has 0 amide bonds. The van der Waals surface area contributed by atoms with Crippen LogP contribution in [0.2, 0.25) is 0 Å². The quantitative estimate of drug-likeness (QED) is 0.766. The highest BCUT2D eigenvalue weighted by molar-refractivity contribution is 5.41. The summed E-state index contributed by atoms with van der Waals surface area (Å²) in [6.45, 7) is 6.24. The van der Waals surface area contributed by atoms with E-state index in [0.717, 1.165) is 18.8 Å². The SMILES string of the molecule is CCCNC(C)c1ccc(N(CCO)C2CCC2)nc1. The average Bonchev–Trinajstić information content (AvgIpc) is 2.42. The van der Waals surface area contributed by atoms with Crippen LogP contribution in [0.4, 0.5) is 5.82 Å². The zero-order valence-corrected chi connectivity index (χ0v) is 12.7. The second-order valence-electron chi connectivity index (χ2n) is 5.63. The van der Waals surface area contributed by atoms with Crippen molar-refractivity contribution in [2.75, 3.05) is 24.6 Å². The van der Waals surface area contributed by atoms with Crippen LogP contribution in [0.25, 0.3) is 0 Å². The normalized spacial score (nSPS) is 16.8. The molecule has 1 aliphatic rings. The number of hydrogen-bond donors (Lipinski definition) is 2. The van der Waals surface area contributed by atoms with Gasteiger partial charge in [0.05, 0.1) is 6.61 Å². The molecule has 0 aromatic carbocycles. The van der Waals surface area contributed by atoms with Gasteiger partial charge in [0.1, 0.15) is 5.82 Å². The lowest BCUT2D eigenvalue weighted by atomic mass is 9.91. The number of hydrogen-bond acceptors (Lipinski definition) is 4. The minimum Gasteiger partial charge on any atom is -0.395 e. The number of nitrogens with one attached hydrogen (secondary N) is 1. The van der Waals surface area contributed by atoms with Crippen molar-refractivity contribution >= 4 is 5.82 Å². The number of rotatable bonds is 8. The maximum absolute atomic E-state index is 9.23. The molecule has 112 valence electrons. The van der Waals surface area contributed by atoms with Crippen LogP contribution >= 0.6 is 0 Å². The molecule has 1 fully saturated rings. The summed E-state index contributed by atoms with van der Waals surface area (Å²) in [7, 11) is 0. The summed E-state index contributed by atoms with van der Waals surface area (Å²) in [6, 6.07) is 5.15. The predicted octanol–water partition coefficient (Wildman–Crippen LogP) is 2.49. The molecular weight excluding hydrogens is 250 g/mol. The number of nitrogens with zero attached hydrogens (tertiary/aromatic N) is 2. The first kappa shape index (κ1) is 15.3. The lowest BCUT2D eigenvalue weighted by Crippen LogP contribution is -2.42. The van der Waals surface area contributed by atoms with Gasteiger partial charge in [-0.05, 0) is 50.8 Å². The smallest absolute Gasteiger partial charge is 0.128 e. The zero-order chi connectivity index (χ0) is 14.4. The second kappa shape index (κ2) is 7.60. The summed E-state index contributed by atoms with van der Waals surface area (Å²) < 4.78 is 0. The van der Waals surface area contributed by atoms with E-state index < -0.39 is 0 Å². The Morgan fingerprint density at radius 2 is 2.25 bits per heavy atom.